The topological polar surface area (TPSA) is 39.9 Å². The van der Waals surface area contributed by atoms with Crippen LogP contribution in [0.15, 0.2) is 53.7 Å². The highest BCUT2D eigenvalue weighted by molar-refractivity contribution is 7.99. The van der Waals surface area contributed by atoms with Gasteiger partial charge in [0, 0.05) is 12.3 Å². The Morgan fingerprint density at radius 3 is 2.60 bits per heavy atom. The number of nitrogens with zero attached hydrogens (tertiary/aromatic N) is 3. The van der Waals surface area contributed by atoms with Crippen LogP contribution in [0.25, 0.3) is 0 Å². The second-order valence-corrected chi connectivity index (χ2v) is 7.20. The molecule has 0 aliphatic heterocycles. The molecule has 0 bridgehead atoms. The fourth-order valence-corrected chi connectivity index (χ4v) is 3.39. The lowest BCUT2D eigenvalue weighted by Crippen LogP contribution is -2.04. The number of aromatic nitrogens is 3. The lowest BCUT2D eigenvalue weighted by atomic mass is 10.2. The first-order chi connectivity index (χ1) is 12.0. The van der Waals surface area contributed by atoms with Crippen LogP contribution in [0, 0.1) is 5.82 Å². The number of halogens is 2. The molecule has 0 aliphatic rings. The van der Waals surface area contributed by atoms with Gasteiger partial charge in [-0.05, 0) is 36.8 Å². The van der Waals surface area contributed by atoms with Gasteiger partial charge >= 0.3 is 0 Å². The second-order valence-electron chi connectivity index (χ2n) is 5.49. The van der Waals surface area contributed by atoms with Crippen LogP contribution in [0.4, 0.5) is 4.39 Å². The predicted molar refractivity (Wildman–Crippen MR) is 97.5 cm³/mol. The van der Waals surface area contributed by atoms with E-state index in [4.69, 9.17) is 16.3 Å². The van der Waals surface area contributed by atoms with E-state index in [0.29, 0.717) is 16.6 Å². The van der Waals surface area contributed by atoms with Gasteiger partial charge in [0.2, 0.25) is 0 Å². The minimum absolute atomic E-state index is 0.126. The van der Waals surface area contributed by atoms with Gasteiger partial charge in [-0.2, -0.15) is 0 Å². The van der Waals surface area contributed by atoms with Crippen molar-refractivity contribution >= 4 is 23.4 Å². The summed E-state index contributed by atoms with van der Waals surface area (Å²) < 4.78 is 20.6. The van der Waals surface area contributed by atoms with Crippen LogP contribution in [-0.4, -0.2) is 14.8 Å². The molecule has 0 fully saturated rings. The highest BCUT2D eigenvalue weighted by Gasteiger charge is 2.15. The fourth-order valence-electron chi connectivity index (χ4n) is 2.24. The summed E-state index contributed by atoms with van der Waals surface area (Å²) in [6, 6.07) is 13.8. The summed E-state index contributed by atoms with van der Waals surface area (Å²) in [4.78, 5) is 0. The number of hydrogen-bond acceptors (Lipinski definition) is 4. The molecule has 25 heavy (non-hydrogen) atoms. The van der Waals surface area contributed by atoms with Crippen LogP contribution in [0.5, 0.6) is 5.75 Å². The third-order valence-corrected chi connectivity index (χ3v) is 5.24. The van der Waals surface area contributed by atoms with Crippen LogP contribution in [0.2, 0.25) is 5.02 Å². The number of benzene rings is 2. The summed E-state index contributed by atoms with van der Waals surface area (Å²) in [6.07, 6.45) is 0. The molecule has 1 unspecified atom stereocenters. The molecule has 0 saturated heterocycles. The van der Waals surface area contributed by atoms with E-state index >= 15 is 0 Å². The zero-order valence-electron chi connectivity index (χ0n) is 13.8. The van der Waals surface area contributed by atoms with Crippen molar-refractivity contribution in [3.05, 3.63) is 70.8 Å². The molecule has 0 spiro atoms. The third kappa shape index (κ3) is 4.32. The molecule has 0 amide bonds. The molecule has 0 N–H and O–H groups in total. The van der Waals surface area contributed by atoms with Crippen molar-refractivity contribution in [3.63, 3.8) is 0 Å². The van der Waals surface area contributed by atoms with E-state index in [9.17, 15) is 4.39 Å². The van der Waals surface area contributed by atoms with Crippen LogP contribution in [-0.2, 0) is 13.7 Å². The van der Waals surface area contributed by atoms with Crippen molar-refractivity contribution in [2.24, 2.45) is 7.05 Å². The maximum Gasteiger partial charge on any atom is 0.191 e. The molecule has 3 aromatic rings. The predicted octanol–water partition coefficient (Wildman–Crippen LogP) is 5.04. The quantitative estimate of drug-likeness (QED) is 0.564. The van der Waals surface area contributed by atoms with Crippen molar-refractivity contribution < 1.29 is 9.13 Å². The highest BCUT2D eigenvalue weighted by Crippen LogP contribution is 2.33. The number of hydrogen-bond donors (Lipinski definition) is 0. The van der Waals surface area contributed by atoms with E-state index < -0.39 is 0 Å². The second kappa shape index (κ2) is 7.89. The van der Waals surface area contributed by atoms with Gasteiger partial charge in [-0.25, -0.2) is 4.39 Å². The van der Waals surface area contributed by atoms with Crippen LogP contribution in [0.3, 0.4) is 0 Å². The Bertz CT molecular complexity index is 854. The average Bonchev–Trinajstić information content (AvgIpc) is 2.95. The van der Waals surface area contributed by atoms with E-state index in [0.717, 1.165) is 10.7 Å². The normalized spacial score (nSPS) is 12.2. The molecule has 130 valence electrons. The molecule has 0 saturated carbocycles. The molecular weight excluding hydrogens is 361 g/mol. The number of thioether (sulfide) groups is 1. The minimum atomic E-state index is -0.237. The Hall–Kier alpha value is -2.05. The van der Waals surface area contributed by atoms with Crippen molar-refractivity contribution in [1.82, 2.24) is 14.8 Å². The van der Waals surface area contributed by atoms with Gasteiger partial charge in [0.15, 0.2) is 11.0 Å². The van der Waals surface area contributed by atoms with Crippen LogP contribution >= 0.6 is 23.4 Å². The summed E-state index contributed by atoms with van der Waals surface area (Å²) in [5, 5.41) is 9.87. The average molecular weight is 378 g/mol. The van der Waals surface area contributed by atoms with Crippen LogP contribution in [0.1, 0.15) is 23.6 Å². The van der Waals surface area contributed by atoms with Gasteiger partial charge in [-0.3, -0.25) is 0 Å². The standard InChI is InChI=1S/C18H17ClFN3OS/c1-12(13-7-9-14(20)10-8-13)25-18-22-21-17(23(18)2)11-24-16-6-4-3-5-15(16)19/h3-10,12H,11H2,1-2H3. The Labute approximate surface area is 155 Å². The lowest BCUT2D eigenvalue weighted by molar-refractivity contribution is 0.290. The van der Waals surface area contributed by atoms with Gasteiger partial charge in [0.05, 0.1) is 5.02 Å². The van der Waals surface area contributed by atoms with E-state index in [-0.39, 0.29) is 17.7 Å². The fraction of sp³-hybridized carbons (Fsp3) is 0.222. The van der Waals surface area contributed by atoms with Crippen molar-refractivity contribution in [3.8, 4) is 5.75 Å². The molecule has 0 aliphatic carbocycles. The molecule has 1 aromatic heterocycles. The summed E-state index contributed by atoms with van der Waals surface area (Å²) in [5.74, 6) is 1.08. The zero-order chi connectivity index (χ0) is 17.8. The summed E-state index contributed by atoms with van der Waals surface area (Å²) >= 11 is 7.64. The zero-order valence-corrected chi connectivity index (χ0v) is 15.4. The minimum Gasteiger partial charge on any atom is -0.484 e. The Balaban J connectivity index is 1.66. The van der Waals surface area contributed by atoms with Crippen molar-refractivity contribution in [1.29, 1.82) is 0 Å². The van der Waals surface area contributed by atoms with Gasteiger partial charge < -0.3 is 9.30 Å². The molecule has 1 heterocycles. The van der Waals surface area contributed by atoms with Gasteiger partial charge in [0.1, 0.15) is 18.2 Å². The molecule has 3 rings (SSSR count). The van der Waals surface area contributed by atoms with Gasteiger partial charge in [-0.15, -0.1) is 10.2 Å². The number of ether oxygens (including phenoxy) is 1. The Kier molecular flexibility index (Phi) is 5.60. The molecule has 7 heteroatoms. The first kappa shape index (κ1) is 17.8. The summed E-state index contributed by atoms with van der Waals surface area (Å²) in [5.41, 5.74) is 1.03. The van der Waals surface area contributed by atoms with Crippen LogP contribution < -0.4 is 4.74 Å². The largest absolute Gasteiger partial charge is 0.484 e. The van der Waals surface area contributed by atoms with Crippen molar-refractivity contribution in [2.45, 2.75) is 23.9 Å². The SMILES string of the molecule is CC(Sc1nnc(COc2ccccc2Cl)n1C)c1ccc(F)cc1. The van der Waals surface area contributed by atoms with Gasteiger partial charge in [0.25, 0.3) is 0 Å². The molecule has 4 nitrogen and oxygen atoms in total. The van der Waals surface area contributed by atoms with Gasteiger partial charge in [-0.1, -0.05) is 47.6 Å². The molecule has 2 aromatic carbocycles. The van der Waals surface area contributed by atoms with E-state index in [1.54, 1.807) is 30.0 Å². The smallest absolute Gasteiger partial charge is 0.191 e. The molecule has 0 radical (unpaired) electrons. The number of para-hydroxylation sites is 1. The first-order valence-electron chi connectivity index (χ1n) is 7.72. The number of rotatable bonds is 6. The molecular formula is C18H17ClFN3OS. The maximum atomic E-state index is 13.0. The van der Waals surface area contributed by atoms with E-state index in [2.05, 4.69) is 10.2 Å². The monoisotopic (exact) mass is 377 g/mol. The third-order valence-electron chi connectivity index (χ3n) is 3.74. The summed E-state index contributed by atoms with van der Waals surface area (Å²) in [7, 11) is 1.89. The summed E-state index contributed by atoms with van der Waals surface area (Å²) in [6.45, 7) is 2.32. The molecule has 1 atom stereocenters. The first-order valence-corrected chi connectivity index (χ1v) is 8.98. The van der Waals surface area contributed by atoms with E-state index in [1.165, 1.54) is 12.1 Å². The maximum absolute atomic E-state index is 13.0. The Morgan fingerprint density at radius 1 is 1.16 bits per heavy atom. The highest BCUT2D eigenvalue weighted by atomic mass is 35.5. The lowest BCUT2D eigenvalue weighted by Gasteiger charge is -2.11. The Morgan fingerprint density at radius 2 is 1.88 bits per heavy atom. The van der Waals surface area contributed by atoms with Crippen molar-refractivity contribution in [2.75, 3.05) is 0 Å². The van der Waals surface area contributed by atoms with E-state index in [1.807, 2.05) is 36.7 Å².